The molecule has 3 rings (SSSR count). The third kappa shape index (κ3) is 4.98. The van der Waals surface area contributed by atoms with Gasteiger partial charge < -0.3 is 24.3 Å². The number of rotatable bonds is 7. The van der Waals surface area contributed by atoms with Crippen molar-refractivity contribution in [1.82, 2.24) is 9.80 Å². The molecule has 0 spiro atoms. The van der Waals surface area contributed by atoms with Gasteiger partial charge in [0, 0.05) is 32.2 Å². The number of carbonyl (C=O) groups excluding carboxylic acids is 2. The molecule has 1 aliphatic heterocycles. The van der Waals surface area contributed by atoms with E-state index in [1.54, 1.807) is 17.0 Å². The van der Waals surface area contributed by atoms with E-state index in [9.17, 15) is 24.6 Å². The number of hydrogen-bond donors (Lipinski definition) is 2. The van der Waals surface area contributed by atoms with Crippen LogP contribution in [0.5, 0.6) is 11.5 Å². The number of hydrogen-bond acceptors (Lipinski definition) is 8. The summed E-state index contributed by atoms with van der Waals surface area (Å²) in [5.41, 5.74) is -0.0279. The second-order valence-electron chi connectivity index (χ2n) is 7.13. The molecule has 1 saturated heterocycles. The van der Waals surface area contributed by atoms with Gasteiger partial charge in [0.05, 0.1) is 26.0 Å². The predicted octanol–water partition coefficient (Wildman–Crippen LogP) is 1.02. The van der Waals surface area contributed by atoms with E-state index in [0.717, 1.165) is 6.41 Å². The molecule has 1 fully saturated rings. The van der Waals surface area contributed by atoms with Crippen LogP contribution in [0.1, 0.15) is 29.4 Å². The molecule has 1 atom stereocenters. The van der Waals surface area contributed by atoms with Crippen LogP contribution in [-0.2, 0) is 20.9 Å². The van der Waals surface area contributed by atoms with E-state index in [1.165, 1.54) is 25.3 Å². The Morgan fingerprint density at radius 3 is 2.47 bits per heavy atom. The van der Waals surface area contributed by atoms with Crippen LogP contribution in [0.15, 0.2) is 39.5 Å². The van der Waals surface area contributed by atoms with Gasteiger partial charge in [-0.2, -0.15) is 0 Å². The normalized spacial score (nSPS) is 15.6. The molecule has 30 heavy (non-hydrogen) atoms. The molecule has 160 valence electrons. The van der Waals surface area contributed by atoms with Crippen molar-refractivity contribution in [1.29, 1.82) is 0 Å². The molecule has 1 aromatic carbocycles. The van der Waals surface area contributed by atoms with Crippen molar-refractivity contribution >= 4 is 12.4 Å². The molecule has 9 heteroatoms. The van der Waals surface area contributed by atoms with Crippen molar-refractivity contribution in [2.45, 2.75) is 18.9 Å². The Morgan fingerprint density at radius 2 is 1.87 bits per heavy atom. The zero-order valence-corrected chi connectivity index (χ0v) is 16.6. The van der Waals surface area contributed by atoms with Gasteiger partial charge in [-0.15, -0.1) is 0 Å². The van der Waals surface area contributed by atoms with E-state index in [-0.39, 0.29) is 17.9 Å². The number of aromatic hydroxyl groups is 2. The smallest absolute Gasteiger partial charge is 0.306 e. The Balaban J connectivity index is 1.92. The number of phenols is 1. The molecule has 9 nitrogen and oxygen atoms in total. The number of phenolic OH excluding ortho intramolecular Hbond substituents is 1. The number of esters is 1. The Hall–Kier alpha value is -3.33. The molecular formula is C21H24N2O7. The molecule has 0 bridgehead atoms. The molecule has 1 aromatic heterocycles. The molecule has 0 saturated carbocycles. The number of carbonyl (C=O) groups is 2. The molecule has 0 unspecified atom stereocenters. The van der Waals surface area contributed by atoms with Crippen LogP contribution in [0, 0.1) is 0 Å². The number of nitrogens with zero attached hydrogens (tertiary/aromatic N) is 2. The number of ether oxygens (including phenoxy) is 1. The van der Waals surface area contributed by atoms with Gasteiger partial charge in [0.2, 0.25) is 17.6 Å². The van der Waals surface area contributed by atoms with E-state index in [0.29, 0.717) is 44.0 Å². The quantitative estimate of drug-likeness (QED) is 0.507. The minimum absolute atomic E-state index is 0.0277. The Morgan fingerprint density at radius 1 is 1.20 bits per heavy atom. The first-order chi connectivity index (χ1) is 14.4. The van der Waals surface area contributed by atoms with E-state index < -0.39 is 23.1 Å². The van der Waals surface area contributed by atoms with E-state index in [1.807, 2.05) is 4.90 Å². The first-order valence-electron chi connectivity index (χ1n) is 9.54. The fraction of sp³-hybridized carbons (Fsp3) is 0.381. The molecule has 0 radical (unpaired) electrons. The summed E-state index contributed by atoms with van der Waals surface area (Å²) in [5.74, 6) is -1.50. The van der Waals surface area contributed by atoms with Crippen LogP contribution >= 0.6 is 0 Å². The molecular weight excluding hydrogens is 392 g/mol. The number of piperazine rings is 1. The Bertz CT molecular complexity index is 947. The Labute approximate surface area is 173 Å². The third-order valence-electron chi connectivity index (χ3n) is 5.15. The SMILES string of the molecule is COC(=O)C[C@@H](c1ccc(O)cc1)c1oc(CN2CCN(C=O)CC2)cc(=O)c1O. The van der Waals surface area contributed by atoms with Crippen LogP contribution in [-0.4, -0.2) is 65.7 Å². The summed E-state index contributed by atoms with van der Waals surface area (Å²) in [6.07, 6.45) is 0.657. The minimum atomic E-state index is -0.766. The summed E-state index contributed by atoms with van der Waals surface area (Å²) in [5, 5.41) is 20.0. The lowest BCUT2D eigenvalue weighted by molar-refractivity contribution is -0.141. The summed E-state index contributed by atoms with van der Waals surface area (Å²) in [4.78, 5) is 39.0. The molecule has 2 N–H and O–H groups in total. The van der Waals surface area contributed by atoms with E-state index in [2.05, 4.69) is 0 Å². The maximum Gasteiger partial charge on any atom is 0.306 e. The molecule has 2 aromatic rings. The lowest BCUT2D eigenvalue weighted by Crippen LogP contribution is -2.45. The summed E-state index contributed by atoms with van der Waals surface area (Å²) in [7, 11) is 1.25. The van der Waals surface area contributed by atoms with Crippen LogP contribution in [0.3, 0.4) is 0 Å². The zero-order chi connectivity index (χ0) is 21.7. The largest absolute Gasteiger partial charge is 0.508 e. The summed E-state index contributed by atoms with van der Waals surface area (Å²) >= 11 is 0. The highest BCUT2D eigenvalue weighted by Crippen LogP contribution is 2.34. The average Bonchev–Trinajstić information content (AvgIpc) is 2.75. The van der Waals surface area contributed by atoms with Crippen molar-refractivity contribution in [2.24, 2.45) is 0 Å². The van der Waals surface area contributed by atoms with Crippen LogP contribution in [0.4, 0.5) is 0 Å². The van der Waals surface area contributed by atoms with Crippen molar-refractivity contribution in [3.63, 3.8) is 0 Å². The highest BCUT2D eigenvalue weighted by Gasteiger charge is 2.27. The molecule has 1 aliphatic rings. The zero-order valence-electron chi connectivity index (χ0n) is 16.6. The van der Waals surface area contributed by atoms with Gasteiger partial charge in [0.1, 0.15) is 11.5 Å². The van der Waals surface area contributed by atoms with Crippen LogP contribution < -0.4 is 5.43 Å². The van der Waals surface area contributed by atoms with Gasteiger partial charge in [-0.25, -0.2) is 0 Å². The van der Waals surface area contributed by atoms with Crippen LogP contribution in [0.2, 0.25) is 0 Å². The predicted molar refractivity (Wildman–Crippen MR) is 106 cm³/mol. The monoisotopic (exact) mass is 416 g/mol. The first-order valence-corrected chi connectivity index (χ1v) is 9.54. The lowest BCUT2D eigenvalue weighted by Gasteiger charge is -2.32. The van der Waals surface area contributed by atoms with Gasteiger partial charge in [-0.1, -0.05) is 12.1 Å². The number of methoxy groups -OCH3 is 1. The van der Waals surface area contributed by atoms with Gasteiger partial charge >= 0.3 is 5.97 Å². The average molecular weight is 416 g/mol. The second-order valence-corrected chi connectivity index (χ2v) is 7.13. The molecule has 1 amide bonds. The highest BCUT2D eigenvalue weighted by molar-refractivity contribution is 5.71. The summed E-state index contributed by atoms with van der Waals surface area (Å²) in [6, 6.07) is 7.31. The second kappa shape index (κ2) is 9.45. The van der Waals surface area contributed by atoms with E-state index in [4.69, 9.17) is 9.15 Å². The standard InChI is InChI=1S/C21H24N2O7/c1-29-19(27)11-17(14-2-4-15(25)5-3-14)21-20(28)18(26)10-16(30-21)12-22-6-8-23(13-24)9-7-22/h2-5,10,13,17,25,28H,6-9,11-12H2,1H3/t17-/m0/s1. The fourth-order valence-corrected chi connectivity index (χ4v) is 3.43. The molecule has 2 heterocycles. The topological polar surface area (TPSA) is 121 Å². The summed E-state index contributed by atoms with van der Waals surface area (Å²) < 4.78 is 10.7. The van der Waals surface area contributed by atoms with Crippen molar-refractivity contribution in [2.75, 3.05) is 33.3 Å². The van der Waals surface area contributed by atoms with Crippen molar-refractivity contribution < 1.29 is 29.0 Å². The van der Waals surface area contributed by atoms with E-state index >= 15 is 0 Å². The number of amides is 1. The fourth-order valence-electron chi connectivity index (χ4n) is 3.43. The van der Waals surface area contributed by atoms with Gasteiger partial charge in [-0.3, -0.25) is 19.3 Å². The third-order valence-corrected chi connectivity index (χ3v) is 5.15. The van der Waals surface area contributed by atoms with Gasteiger partial charge in [0.15, 0.2) is 5.76 Å². The highest BCUT2D eigenvalue weighted by atomic mass is 16.5. The van der Waals surface area contributed by atoms with Gasteiger partial charge in [0.25, 0.3) is 0 Å². The van der Waals surface area contributed by atoms with Gasteiger partial charge in [-0.05, 0) is 17.7 Å². The maximum atomic E-state index is 12.4. The molecule has 0 aliphatic carbocycles. The lowest BCUT2D eigenvalue weighted by atomic mass is 9.92. The first kappa shape index (κ1) is 21.4. The maximum absolute atomic E-state index is 12.4. The summed E-state index contributed by atoms with van der Waals surface area (Å²) in [6.45, 7) is 2.74. The van der Waals surface area contributed by atoms with Crippen molar-refractivity contribution in [3.05, 3.63) is 57.6 Å². The van der Waals surface area contributed by atoms with Crippen LogP contribution in [0.25, 0.3) is 0 Å². The minimum Gasteiger partial charge on any atom is -0.508 e. The van der Waals surface area contributed by atoms with Crippen molar-refractivity contribution in [3.8, 4) is 11.5 Å². The Kier molecular flexibility index (Phi) is 6.73. The number of benzene rings is 1.